The van der Waals surface area contributed by atoms with Crippen molar-refractivity contribution in [3.63, 3.8) is 0 Å². The number of fused-ring (bicyclic) bond motifs is 1. The van der Waals surface area contributed by atoms with E-state index in [4.69, 9.17) is 5.73 Å². The van der Waals surface area contributed by atoms with Crippen molar-refractivity contribution in [2.45, 2.75) is 32.1 Å². The molecule has 0 aliphatic rings. The molecule has 0 unspecified atom stereocenters. The lowest BCUT2D eigenvalue weighted by atomic mass is 10.1. The normalized spacial score (nSPS) is 12.8. The van der Waals surface area contributed by atoms with E-state index in [0.717, 1.165) is 5.56 Å². The second kappa shape index (κ2) is 8.33. The van der Waals surface area contributed by atoms with Crippen LogP contribution in [0.25, 0.3) is 16.8 Å². The summed E-state index contributed by atoms with van der Waals surface area (Å²) in [4.78, 5) is 16.8. The maximum atomic E-state index is 13.2. The molecule has 0 saturated carbocycles. The molecule has 4 rings (SSSR count). The molecule has 166 valence electrons. The van der Waals surface area contributed by atoms with Crippen LogP contribution in [-0.4, -0.2) is 42.5 Å². The van der Waals surface area contributed by atoms with Crippen LogP contribution < -0.4 is 11.1 Å². The third-order valence-corrected chi connectivity index (χ3v) is 4.96. The molecule has 32 heavy (non-hydrogen) atoms. The lowest BCUT2D eigenvalue weighted by Gasteiger charge is -2.20. The first-order valence-electron chi connectivity index (χ1n) is 9.85. The molecule has 8 nitrogen and oxygen atoms in total. The summed E-state index contributed by atoms with van der Waals surface area (Å²) in [5.74, 6) is -1.01. The highest BCUT2D eigenvalue weighted by Gasteiger charge is 2.39. The van der Waals surface area contributed by atoms with Crippen LogP contribution in [0.2, 0.25) is 0 Å². The third kappa shape index (κ3) is 4.41. The van der Waals surface area contributed by atoms with Crippen molar-refractivity contribution >= 4 is 17.5 Å². The molecule has 0 radical (unpaired) electrons. The van der Waals surface area contributed by atoms with Gasteiger partial charge in [-0.15, -0.1) is 5.10 Å². The molecule has 0 spiro atoms. The highest BCUT2D eigenvalue weighted by atomic mass is 19.4. The summed E-state index contributed by atoms with van der Waals surface area (Å²) < 4.78 is 42.5. The van der Waals surface area contributed by atoms with Gasteiger partial charge in [0, 0.05) is 23.5 Å². The maximum Gasteiger partial charge on any atom is 0.408 e. The summed E-state index contributed by atoms with van der Waals surface area (Å²) in [5.41, 5.74) is 7.92. The molecule has 1 atom stereocenters. The van der Waals surface area contributed by atoms with E-state index in [0.29, 0.717) is 17.7 Å². The average molecular weight is 443 g/mol. The highest BCUT2D eigenvalue weighted by molar-refractivity contribution is 6.01. The second-order valence-corrected chi connectivity index (χ2v) is 7.27. The summed E-state index contributed by atoms with van der Waals surface area (Å²) in [6, 6.07) is 9.21. The van der Waals surface area contributed by atoms with Crippen molar-refractivity contribution in [2.24, 2.45) is 0 Å². The number of halogens is 3. The van der Waals surface area contributed by atoms with Gasteiger partial charge < -0.3 is 11.1 Å². The summed E-state index contributed by atoms with van der Waals surface area (Å²) in [5, 5.41) is 10.4. The molecule has 4 aromatic rings. The minimum absolute atomic E-state index is 0.0646. The molecule has 0 aliphatic carbocycles. The van der Waals surface area contributed by atoms with Gasteiger partial charge in [-0.2, -0.15) is 23.3 Å². The van der Waals surface area contributed by atoms with Crippen molar-refractivity contribution in [1.29, 1.82) is 0 Å². The molecule has 3 heterocycles. The van der Waals surface area contributed by atoms with Gasteiger partial charge in [-0.05, 0) is 18.1 Å². The summed E-state index contributed by atoms with van der Waals surface area (Å²) in [6.07, 6.45) is 0.119. The van der Waals surface area contributed by atoms with Crippen LogP contribution in [0.5, 0.6) is 0 Å². The van der Waals surface area contributed by atoms with Crippen LogP contribution in [0, 0.1) is 0 Å². The number of anilines is 1. The Kier molecular flexibility index (Phi) is 5.56. The fourth-order valence-corrected chi connectivity index (χ4v) is 3.35. The molecule has 1 aromatic carbocycles. The van der Waals surface area contributed by atoms with E-state index in [1.54, 1.807) is 23.3 Å². The number of amides is 1. The molecule has 3 aromatic heterocycles. The van der Waals surface area contributed by atoms with Crippen LogP contribution in [0.3, 0.4) is 0 Å². The van der Waals surface area contributed by atoms with Gasteiger partial charge in [0.15, 0.2) is 5.65 Å². The summed E-state index contributed by atoms with van der Waals surface area (Å²) >= 11 is 0. The SMILES string of the molecule is CC[C@@H](NC(=O)c1cc(-c2cnn(Cc3ccccc3)c2)cn2nc(N)nc12)C(F)(F)F. The standard InChI is InChI=1S/C21H20F3N7O/c1-2-17(21(22,23)24)27-19(32)16-8-14(12-31-18(16)28-20(25)29-31)15-9-26-30(11-15)10-13-6-4-3-5-7-13/h3-9,11-12,17H,2,10H2,1H3,(H2,25,29)(H,27,32)/t17-/m1/s1. The zero-order valence-corrected chi connectivity index (χ0v) is 17.0. The lowest BCUT2D eigenvalue weighted by Crippen LogP contribution is -2.45. The zero-order valence-electron chi connectivity index (χ0n) is 17.0. The number of aromatic nitrogens is 5. The van der Waals surface area contributed by atoms with Crippen molar-refractivity contribution in [2.75, 3.05) is 5.73 Å². The largest absolute Gasteiger partial charge is 0.408 e. The Balaban J connectivity index is 1.69. The Bertz CT molecular complexity index is 1250. The Labute approximate surface area is 180 Å². The van der Waals surface area contributed by atoms with E-state index in [1.165, 1.54) is 17.5 Å². The number of nitrogens with one attached hydrogen (secondary N) is 1. The Morgan fingerprint density at radius 1 is 1.19 bits per heavy atom. The van der Waals surface area contributed by atoms with Crippen molar-refractivity contribution in [1.82, 2.24) is 29.7 Å². The van der Waals surface area contributed by atoms with Crippen LogP contribution in [0.1, 0.15) is 29.3 Å². The van der Waals surface area contributed by atoms with Gasteiger partial charge in [-0.1, -0.05) is 37.3 Å². The molecule has 0 bridgehead atoms. The number of alkyl halides is 3. The molecule has 11 heteroatoms. The van der Waals surface area contributed by atoms with Crippen LogP contribution in [0.15, 0.2) is 55.0 Å². The number of hydrogen-bond donors (Lipinski definition) is 2. The Hall–Kier alpha value is -3.89. The third-order valence-electron chi connectivity index (χ3n) is 4.96. The fourth-order valence-electron chi connectivity index (χ4n) is 3.35. The number of benzene rings is 1. The molecule has 0 fully saturated rings. The maximum absolute atomic E-state index is 13.2. The number of pyridine rings is 1. The predicted molar refractivity (Wildman–Crippen MR) is 112 cm³/mol. The van der Waals surface area contributed by atoms with Gasteiger partial charge in [0.2, 0.25) is 5.95 Å². The quantitative estimate of drug-likeness (QED) is 0.476. The minimum Gasteiger partial charge on any atom is -0.366 e. The first-order chi connectivity index (χ1) is 15.2. The number of nitrogens with zero attached hydrogens (tertiary/aromatic N) is 5. The van der Waals surface area contributed by atoms with Gasteiger partial charge in [0.05, 0.1) is 18.3 Å². The van der Waals surface area contributed by atoms with Crippen LogP contribution in [0.4, 0.5) is 19.1 Å². The van der Waals surface area contributed by atoms with Gasteiger partial charge in [-0.25, -0.2) is 4.52 Å². The van der Waals surface area contributed by atoms with E-state index in [1.807, 2.05) is 35.6 Å². The van der Waals surface area contributed by atoms with Gasteiger partial charge in [-0.3, -0.25) is 9.48 Å². The Morgan fingerprint density at radius 2 is 1.94 bits per heavy atom. The van der Waals surface area contributed by atoms with Crippen molar-refractivity contribution in [3.8, 4) is 11.1 Å². The number of rotatable bonds is 6. The first-order valence-corrected chi connectivity index (χ1v) is 9.85. The minimum atomic E-state index is -4.57. The molecule has 1 amide bonds. The van der Waals surface area contributed by atoms with E-state index < -0.39 is 18.1 Å². The number of carbonyl (C=O) groups excluding carboxylic acids is 1. The van der Waals surface area contributed by atoms with Crippen molar-refractivity contribution in [3.05, 3.63) is 66.1 Å². The van der Waals surface area contributed by atoms with Gasteiger partial charge >= 0.3 is 6.18 Å². The van der Waals surface area contributed by atoms with Gasteiger partial charge in [0.25, 0.3) is 5.91 Å². The second-order valence-electron chi connectivity index (χ2n) is 7.27. The predicted octanol–water partition coefficient (Wildman–Crippen LogP) is 3.29. The van der Waals surface area contributed by atoms with Crippen LogP contribution >= 0.6 is 0 Å². The molecule has 0 aliphatic heterocycles. The molecular weight excluding hydrogens is 423 g/mol. The van der Waals surface area contributed by atoms with Crippen LogP contribution in [-0.2, 0) is 6.54 Å². The first kappa shape index (κ1) is 21.3. The summed E-state index contributed by atoms with van der Waals surface area (Å²) in [6.45, 7) is 1.89. The topological polar surface area (TPSA) is 103 Å². The molecule has 0 saturated heterocycles. The molecule has 3 N–H and O–H groups in total. The zero-order chi connectivity index (χ0) is 22.9. The number of nitrogen functional groups attached to an aromatic ring is 1. The summed E-state index contributed by atoms with van der Waals surface area (Å²) in [7, 11) is 0. The Morgan fingerprint density at radius 3 is 2.62 bits per heavy atom. The van der Waals surface area contributed by atoms with E-state index in [9.17, 15) is 18.0 Å². The molecular formula is C21H20F3N7O. The van der Waals surface area contributed by atoms with E-state index in [-0.39, 0.29) is 23.6 Å². The highest BCUT2D eigenvalue weighted by Crippen LogP contribution is 2.25. The van der Waals surface area contributed by atoms with Gasteiger partial charge in [0.1, 0.15) is 6.04 Å². The number of hydrogen-bond acceptors (Lipinski definition) is 5. The van der Waals surface area contributed by atoms with Crippen molar-refractivity contribution < 1.29 is 18.0 Å². The monoisotopic (exact) mass is 443 g/mol. The number of carbonyl (C=O) groups is 1. The van der Waals surface area contributed by atoms with E-state index >= 15 is 0 Å². The fraction of sp³-hybridized carbons (Fsp3) is 0.238. The lowest BCUT2D eigenvalue weighted by molar-refractivity contribution is -0.153. The average Bonchev–Trinajstić information content (AvgIpc) is 3.36. The smallest absolute Gasteiger partial charge is 0.366 e. The van der Waals surface area contributed by atoms with E-state index in [2.05, 4.69) is 15.2 Å². The number of nitrogens with two attached hydrogens (primary N) is 1.